The van der Waals surface area contributed by atoms with Gasteiger partial charge < -0.3 is 15.0 Å². The highest BCUT2D eigenvalue weighted by Crippen LogP contribution is 2.26. The lowest BCUT2D eigenvalue weighted by Gasteiger charge is -2.12. The van der Waals surface area contributed by atoms with Gasteiger partial charge in [0.05, 0.1) is 16.4 Å². The second kappa shape index (κ2) is 10.8. The first-order chi connectivity index (χ1) is 12.9. The van der Waals surface area contributed by atoms with Gasteiger partial charge >= 0.3 is 0 Å². The average Bonchev–Trinajstić information content (AvgIpc) is 2.93. The number of hydrogen-bond acceptors (Lipinski definition) is 6. The van der Waals surface area contributed by atoms with E-state index in [1.807, 2.05) is 20.8 Å². The number of nitrogens with zero attached hydrogens (tertiary/aromatic N) is 1. The Morgan fingerprint density at radius 2 is 2.07 bits per heavy atom. The third kappa shape index (κ3) is 6.33. The van der Waals surface area contributed by atoms with E-state index in [0.29, 0.717) is 30.1 Å². The largest absolute Gasteiger partial charge is 0.381 e. The maximum absolute atomic E-state index is 12.3. The van der Waals surface area contributed by atoms with E-state index in [2.05, 4.69) is 22.2 Å². The molecule has 2 heterocycles. The topological polar surface area (TPSA) is 84.1 Å². The predicted molar refractivity (Wildman–Crippen MR) is 114 cm³/mol. The van der Waals surface area contributed by atoms with Crippen molar-refractivity contribution >= 4 is 39.2 Å². The fraction of sp³-hybridized carbons (Fsp3) is 0.632. The summed E-state index contributed by atoms with van der Waals surface area (Å²) < 4.78 is 5.48. The first kappa shape index (κ1) is 21.9. The number of thiophene rings is 1. The first-order valence-electron chi connectivity index (χ1n) is 9.40. The molecule has 2 aromatic heterocycles. The third-order valence-electron chi connectivity index (χ3n) is 4.33. The summed E-state index contributed by atoms with van der Waals surface area (Å²) in [6, 6.07) is 0. The van der Waals surface area contributed by atoms with Gasteiger partial charge in [0.15, 0.2) is 0 Å². The number of aromatic nitrogens is 2. The molecule has 27 heavy (non-hydrogen) atoms. The number of carbonyl (C=O) groups excluding carboxylic acids is 1. The van der Waals surface area contributed by atoms with Crippen LogP contribution in [0, 0.1) is 13.8 Å². The van der Waals surface area contributed by atoms with E-state index in [1.165, 1.54) is 23.1 Å². The molecule has 0 radical (unpaired) electrons. The molecule has 0 aliphatic rings. The van der Waals surface area contributed by atoms with Gasteiger partial charge in [-0.05, 0) is 39.2 Å². The molecular formula is C19H29N3O3S2. The Kier molecular flexibility index (Phi) is 8.79. The SMILES string of the molecule is CCCCOCCCNC(=O)C(C)SCc1nc2sc(C)c(C)c2c(=O)[nH]1. The number of rotatable bonds is 11. The summed E-state index contributed by atoms with van der Waals surface area (Å²) in [6.45, 7) is 10.0. The van der Waals surface area contributed by atoms with Gasteiger partial charge in [-0.15, -0.1) is 23.1 Å². The van der Waals surface area contributed by atoms with Crippen molar-refractivity contribution in [3.63, 3.8) is 0 Å². The predicted octanol–water partition coefficient (Wildman–Crippen LogP) is 3.55. The van der Waals surface area contributed by atoms with Crippen LogP contribution < -0.4 is 10.9 Å². The lowest BCUT2D eigenvalue weighted by Crippen LogP contribution is -2.32. The standard InChI is InChI=1S/C19H29N3O3S2/c1-5-6-9-25-10-7-8-20-17(23)14(4)26-11-15-21-18(24)16-12(2)13(3)27-19(16)22-15/h14H,5-11H2,1-4H3,(H,20,23)(H,21,22,24). The normalized spacial score (nSPS) is 12.4. The van der Waals surface area contributed by atoms with Crippen molar-refractivity contribution in [3.8, 4) is 0 Å². The zero-order valence-electron chi connectivity index (χ0n) is 16.5. The highest BCUT2D eigenvalue weighted by atomic mass is 32.2. The summed E-state index contributed by atoms with van der Waals surface area (Å²) in [4.78, 5) is 33.7. The fourth-order valence-electron chi connectivity index (χ4n) is 2.53. The minimum Gasteiger partial charge on any atom is -0.381 e. The molecule has 1 unspecified atom stereocenters. The molecule has 0 aliphatic heterocycles. The molecular weight excluding hydrogens is 382 g/mol. The average molecular weight is 412 g/mol. The first-order valence-corrected chi connectivity index (χ1v) is 11.3. The monoisotopic (exact) mass is 411 g/mol. The number of aromatic amines is 1. The van der Waals surface area contributed by atoms with Crippen LogP contribution in [0.4, 0.5) is 0 Å². The Hall–Kier alpha value is -1.38. The van der Waals surface area contributed by atoms with Gasteiger partial charge in [-0.2, -0.15) is 0 Å². The maximum atomic E-state index is 12.3. The van der Waals surface area contributed by atoms with Crippen molar-refractivity contribution in [1.82, 2.24) is 15.3 Å². The van der Waals surface area contributed by atoms with Crippen LogP contribution in [0.2, 0.25) is 0 Å². The molecule has 2 N–H and O–H groups in total. The number of thioether (sulfide) groups is 1. The van der Waals surface area contributed by atoms with E-state index in [-0.39, 0.29) is 16.7 Å². The van der Waals surface area contributed by atoms with Crippen LogP contribution in [0.15, 0.2) is 4.79 Å². The van der Waals surface area contributed by atoms with Gasteiger partial charge in [0.2, 0.25) is 5.91 Å². The Bertz CT molecular complexity index is 816. The van der Waals surface area contributed by atoms with Crippen molar-refractivity contribution in [1.29, 1.82) is 0 Å². The smallest absolute Gasteiger partial charge is 0.259 e. The number of hydrogen-bond donors (Lipinski definition) is 2. The maximum Gasteiger partial charge on any atom is 0.259 e. The van der Waals surface area contributed by atoms with Gasteiger partial charge in [-0.25, -0.2) is 4.98 Å². The van der Waals surface area contributed by atoms with Crippen molar-refractivity contribution in [3.05, 3.63) is 26.6 Å². The molecule has 6 nitrogen and oxygen atoms in total. The van der Waals surface area contributed by atoms with Crippen molar-refractivity contribution in [2.45, 2.75) is 58.0 Å². The van der Waals surface area contributed by atoms with E-state index in [4.69, 9.17) is 4.74 Å². The second-order valence-corrected chi connectivity index (χ2v) is 9.07. The lowest BCUT2D eigenvalue weighted by atomic mass is 10.2. The Morgan fingerprint density at radius 1 is 1.33 bits per heavy atom. The summed E-state index contributed by atoms with van der Waals surface area (Å²) in [7, 11) is 0. The number of unbranched alkanes of at least 4 members (excludes halogenated alkanes) is 1. The molecule has 150 valence electrons. The van der Waals surface area contributed by atoms with Gasteiger partial charge in [0, 0.05) is 24.6 Å². The number of aryl methyl sites for hydroxylation is 2. The number of nitrogens with one attached hydrogen (secondary N) is 2. The van der Waals surface area contributed by atoms with Crippen LogP contribution in [0.25, 0.3) is 10.2 Å². The summed E-state index contributed by atoms with van der Waals surface area (Å²) in [5.41, 5.74) is 0.895. The van der Waals surface area contributed by atoms with Crippen LogP contribution >= 0.6 is 23.1 Å². The summed E-state index contributed by atoms with van der Waals surface area (Å²) in [5.74, 6) is 1.11. The van der Waals surface area contributed by atoms with Gasteiger partial charge in [0.1, 0.15) is 10.7 Å². The zero-order chi connectivity index (χ0) is 19.8. The van der Waals surface area contributed by atoms with Crippen LogP contribution in [0.1, 0.15) is 49.4 Å². The number of H-pyrrole nitrogens is 1. The van der Waals surface area contributed by atoms with E-state index in [0.717, 1.165) is 41.1 Å². The molecule has 0 saturated heterocycles. The molecule has 0 bridgehead atoms. The molecule has 0 spiro atoms. The molecule has 0 aromatic carbocycles. The number of ether oxygens (including phenoxy) is 1. The highest BCUT2D eigenvalue weighted by Gasteiger charge is 2.15. The van der Waals surface area contributed by atoms with Gasteiger partial charge in [-0.3, -0.25) is 9.59 Å². The van der Waals surface area contributed by atoms with Crippen LogP contribution in [0.5, 0.6) is 0 Å². The molecule has 0 saturated carbocycles. The molecule has 1 amide bonds. The number of fused-ring (bicyclic) bond motifs is 1. The highest BCUT2D eigenvalue weighted by molar-refractivity contribution is 7.99. The quantitative estimate of drug-likeness (QED) is 0.553. The minimum atomic E-state index is -0.209. The van der Waals surface area contributed by atoms with Crippen LogP contribution in [-0.4, -0.2) is 40.9 Å². The van der Waals surface area contributed by atoms with Crippen LogP contribution in [0.3, 0.4) is 0 Å². The van der Waals surface area contributed by atoms with Gasteiger partial charge in [0.25, 0.3) is 5.56 Å². The molecule has 8 heteroatoms. The second-order valence-electron chi connectivity index (χ2n) is 6.54. The number of carbonyl (C=O) groups is 1. The van der Waals surface area contributed by atoms with E-state index < -0.39 is 0 Å². The molecule has 2 aromatic rings. The molecule has 2 rings (SSSR count). The Labute approximate surface area is 168 Å². The summed E-state index contributed by atoms with van der Waals surface area (Å²) >= 11 is 3.01. The minimum absolute atomic E-state index is 0.000189. The zero-order valence-corrected chi connectivity index (χ0v) is 18.1. The molecule has 0 aliphatic carbocycles. The number of amides is 1. The van der Waals surface area contributed by atoms with Crippen molar-refractivity contribution in [2.24, 2.45) is 0 Å². The molecule has 1 atom stereocenters. The fourth-order valence-corrected chi connectivity index (χ4v) is 4.35. The van der Waals surface area contributed by atoms with E-state index >= 15 is 0 Å². The van der Waals surface area contributed by atoms with Gasteiger partial charge in [-0.1, -0.05) is 13.3 Å². The molecule has 0 fully saturated rings. The van der Waals surface area contributed by atoms with E-state index in [9.17, 15) is 9.59 Å². The van der Waals surface area contributed by atoms with Crippen molar-refractivity contribution < 1.29 is 9.53 Å². The van der Waals surface area contributed by atoms with Crippen LogP contribution in [-0.2, 0) is 15.3 Å². The summed E-state index contributed by atoms with van der Waals surface area (Å²) in [6.07, 6.45) is 3.02. The summed E-state index contributed by atoms with van der Waals surface area (Å²) in [5, 5.41) is 3.40. The third-order valence-corrected chi connectivity index (χ3v) is 6.59. The van der Waals surface area contributed by atoms with Crippen molar-refractivity contribution in [2.75, 3.05) is 19.8 Å². The Morgan fingerprint density at radius 3 is 2.81 bits per heavy atom. The lowest BCUT2D eigenvalue weighted by molar-refractivity contribution is -0.120. The Balaban J connectivity index is 1.78. The van der Waals surface area contributed by atoms with E-state index in [1.54, 1.807) is 0 Å².